The van der Waals surface area contributed by atoms with Crippen LogP contribution in [0.25, 0.3) is 0 Å². The van der Waals surface area contributed by atoms with Crippen LogP contribution in [0, 0.1) is 0 Å². The zero-order valence-corrected chi connectivity index (χ0v) is 10.9. The zero-order chi connectivity index (χ0) is 15.4. The fourth-order valence-corrected chi connectivity index (χ4v) is 1.77. The van der Waals surface area contributed by atoms with E-state index in [4.69, 9.17) is 5.14 Å². The lowest BCUT2D eigenvalue weighted by Crippen LogP contribution is -2.35. The summed E-state index contributed by atoms with van der Waals surface area (Å²) in [5.74, 6) is -0.683. The van der Waals surface area contributed by atoms with Crippen LogP contribution in [-0.2, 0) is 14.8 Å². The number of anilines is 1. The molecule has 1 aromatic rings. The Kier molecular flexibility index (Phi) is 5.09. The molecule has 0 saturated carbocycles. The minimum absolute atomic E-state index is 0.134. The largest absolute Gasteiger partial charge is 0.401 e. The van der Waals surface area contributed by atoms with E-state index in [1.54, 1.807) is 0 Å². The molecule has 0 bridgehead atoms. The zero-order valence-electron chi connectivity index (χ0n) is 10.1. The molecular formula is C10H12F3N3O3S. The Labute approximate surface area is 113 Å². The molecule has 0 unspecified atom stereocenters. The Balaban J connectivity index is 2.51. The topological polar surface area (TPSA) is 101 Å². The van der Waals surface area contributed by atoms with Crippen LogP contribution in [0.4, 0.5) is 18.9 Å². The van der Waals surface area contributed by atoms with Gasteiger partial charge in [0.05, 0.1) is 18.0 Å². The van der Waals surface area contributed by atoms with Gasteiger partial charge in [0.25, 0.3) is 0 Å². The monoisotopic (exact) mass is 311 g/mol. The number of carbonyl (C=O) groups is 1. The summed E-state index contributed by atoms with van der Waals surface area (Å²) in [6.45, 7) is -1.79. The fraction of sp³-hybridized carbons (Fsp3) is 0.300. The lowest BCUT2D eigenvalue weighted by molar-refractivity contribution is -0.126. The van der Waals surface area contributed by atoms with Crippen molar-refractivity contribution in [3.05, 3.63) is 24.3 Å². The Hall–Kier alpha value is -1.65. The minimum Gasteiger partial charge on any atom is -0.325 e. The maximum atomic E-state index is 11.8. The molecule has 0 fully saturated rings. The predicted octanol–water partition coefficient (Wildman–Crippen LogP) is 0.424. The van der Waals surface area contributed by atoms with Gasteiger partial charge in [-0.25, -0.2) is 13.6 Å². The first-order valence-corrected chi connectivity index (χ1v) is 6.83. The Morgan fingerprint density at radius 2 is 1.75 bits per heavy atom. The summed E-state index contributed by atoms with van der Waals surface area (Å²) in [6.07, 6.45) is -4.39. The first-order valence-electron chi connectivity index (χ1n) is 5.28. The number of alkyl halides is 3. The number of halogens is 3. The highest BCUT2D eigenvalue weighted by Crippen LogP contribution is 2.13. The highest BCUT2D eigenvalue weighted by molar-refractivity contribution is 7.89. The molecule has 112 valence electrons. The van der Waals surface area contributed by atoms with E-state index in [9.17, 15) is 26.4 Å². The second-order valence-electron chi connectivity index (χ2n) is 3.84. The number of amides is 1. The van der Waals surface area contributed by atoms with Crippen molar-refractivity contribution >= 4 is 21.6 Å². The number of benzene rings is 1. The van der Waals surface area contributed by atoms with Gasteiger partial charge in [0.2, 0.25) is 15.9 Å². The van der Waals surface area contributed by atoms with Crippen LogP contribution in [-0.4, -0.2) is 33.6 Å². The van der Waals surface area contributed by atoms with Gasteiger partial charge in [0.1, 0.15) is 0 Å². The maximum absolute atomic E-state index is 11.8. The number of carbonyl (C=O) groups excluding carboxylic acids is 1. The number of rotatable bonds is 5. The Bertz CT molecular complexity index is 570. The number of primary sulfonamides is 1. The van der Waals surface area contributed by atoms with E-state index >= 15 is 0 Å². The molecule has 20 heavy (non-hydrogen) atoms. The first-order chi connectivity index (χ1) is 9.08. The van der Waals surface area contributed by atoms with Gasteiger partial charge in [-0.1, -0.05) is 0 Å². The molecule has 0 aliphatic carbocycles. The third-order valence-electron chi connectivity index (χ3n) is 2.08. The number of nitrogens with two attached hydrogens (primary N) is 1. The van der Waals surface area contributed by atoms with E-state index < -0.39 is 35.2 Å². The molecule has 4 N–H and O–H groups in total. The Morgan fingerprint density at radius 3 is 2.20 bits per heavy atom. The second kappa shape index (κ2) is 6.20. The van der Waals surface area contributed by atoms with Crippen molar-refractivity contribution in [3.63, 3.8) is 0 Å². The number of hydrogen-bond acceptors (Lipinski definition) is 4. The van der Waals surface area contributed by atoms with E-state index in [2.05, 4.69) is 5.32 Å². The normalized spacial score (nSPS) is 12.2. The highest BCUT2D eigenvalue weighted by Gasteiger charge is 2.26. The van der Waals surface area contributed by atoms with Crippen molar-refractivity contribution in [2.45, 2.75) is 11.1 Å². The molecule has 0 spiro atoms. The summed E-state index contributed by atoms with van der Waals surface area (Å²) in [4.78, 5) is 11.2. The molecule has 0 aliphatic rings. The molecular weight excluding hydrogens is 299 g/mol. The van der Waals surface area contributed by atoms with Gasteiger partial charge in [-0.2, -0.15) is 13.2 Å². The third-order valence-corrected chi connectivity index (χ3v) is 3.01. The molecule has 0 heterocycles. The smallest absolute Gasteiger partial charge is 0.325 e. The van der Waals surface area contributed by atoms with Crippen LogP contribution in [0.3, 0.4) is 0 Å². The molecule has 0 aromatic heterocycles. The van der Waals surface area contributed by atoms with Crippen LogP contribution in [0.5, 0.6) is 0 Å². The van der Waals surface area contributed by atoms with Crippen molar-refractivity contribution in [2.75, 3.05) is 18.4 Å². The summed E-state index contributed by atoms with van der Waals surface area (Å²) in [5, 5.41) is 9.11. The van der Waals surface area contributed by atoms with Gasteiger partial charge in [-0.3, -0.25) is 4.79 Å². The molecule has 1 amide bonds. The van der Waals surface area contributed by atoms with Gasteiger partial charge in [-0.05, 0) is 24.3 Å². The van der Waals surface area contributed by atoms with Crippen molar-refractivity contribution in [2.24, 2.45) is 5.14 Å². The molecule has 0 radical (unpaired) electrons. The number of nitrogens with one attached hydrogen (secondary N) is 2. The second-order valence-corrected chi connectivity index (χ2v) is 5.40. The van der Waals surface area contributed by atoms with Gasteiger partial charge < -0.3 is 10.6 Å². The van der Waals surface area contributed by atoms with Crippen LogP contribution < -0.4 is 15.8 Å². The van der Waals surface area contributed by atoms with Crippen LogP contribution >= 0.6 is 0 Å². The van der Waals surface area contributed by atoms with Crippen molar-refractivity contribution in [1.29, 1.82) is 0 Å². The minimum atomic E-state index is -4.39. The highest BCUT2D eigenvalue weighted by atomic mass is 32.2. The average Bonchev–Trinajstić information content (AvgIpc) is 2.26. The lowest BCUT2D eigenvalue weighted by Gasteiger charge is -2.09. The fourth-order valence-electron chi connectivity index (χ4n) is 1.25. The maximum Gasteiger partial charge on any atom is 0.401 e. The first kappa shape index (κ1) is 16.4. The van der Waals surface area contributed by atoms with E-state index in [0.717, 1.165) is 0 Å². The molecule has 1 rings (SSSR count). The third kappa shape index (κ3) is 5.99. The molecule has 0 saturated heterocycles. The van der Waals surface area contributed by atoms with E-state index in [-0.39, 0.29) is 10.6 Å². The van der Waals surface area contributed by atoms with Crippen LogP contribution in [0.1, 0.15) is 0 Å². The number of hydrogen-bond donors (Lipinski definition) is 3. The van der Waals surface area contributed by atoms with Crippen molar-refractivity contribution in [3.8, 4) is 0 Å². The van der Waals surface area contributed by atoms with E-state index in [0.29, 0.717) is 0 Å². The number of sulfonamides is 1. The van der Waals surface area contributed by atoms with Crippen molar-refractivity contribution in [1.82, 2.24) is 5.32 Å². The van der Waals surface area contributed by atoms with Crippen molar-refractivity contribution < 1.29 is 26.4 Å². The Morgan fingerprint density at radius 1 is 1.20 bits per heavy atom. The summed E-state index contributed by atoms with van der Waals surface area (Å²) >= 11 is 0. The van der Waals surface area contributed by atoms with Gasteiger partial charge >= 0.3 is 6.18 Å². The summed E-state index contributed by atoms with van der Waals surface area (Å²) in [7, 11) is -3.83. The molecule has 0 aliphatic heterocycles. The lowest BCUT2D eigenvalue weighted by atomic mass is 10.3. The average molecular weight is 311 g/mol. The van der Waals surface area contributed by atoms with Gasteiger partial charge in [-0.15, -0.1) is 0 Å². The van der Waals surface area contributed by atoms with E-state index in [1.807, 2.05) is 5.32 Å². The van der Waals surface area contributed by atoms with Gasteiger partial charge in [0.15, 0.2) is 0 Å². The summed E-state index contributed by atoms with van der Waals surface area (Å²) in [5.41, 5.74) is 0.246. The SMILES string of the molecule is NS(=O)(=O)c1ccc(NC(=O)CNCC(F)(F)F)cc1. The standard InChI is InChI=1S/C10H12F3N3O3S/c11-10(12,13)6-15-5-9(17)16-7-1-3-8(4-2-7)20(14,18)19/h1-4,15H,5-6H2,(H,16,17)(H2,14,18,19). The van der Waals surface area contributed by atoms with Gasteiger partial charge in [0, 0.05) is 5.69 Å². The molecule has 10 heteroatoms. The molecule has 0 atom stereocenters. The van der Waals surface area contributed by atoms with Crippen LogP contribution in [0.15, 0.2) is 29.2 Å². The predicted molar refractivity (Wildman–Crippen MR) is 65.4 cm³/mol. The molecule has 6 nitrogen and oxygen atoms in total. The van der Waals surface area contributed by atoms with E-state index in [1.165, 1.54) is 24.3 Å². The quantitative estimate of drug-likeness (QED) is 0.733. The molecule has 1 aromatic carbocycles. The summed E-state index contributed by atoms with van der Waals surface area (Å²) < 4.78 is 57.4. The van der Waals surface area contributed by atoms with Crippen LogP contribution in [0.2, 0.25) is 0 Å². The summed E-state index contributed by atoms with van der Waals surface area (Å²) in [6, 6.07) is 4.91.